The molecule has 2 rings (SSSR count). The van der Waals surface area contributed by atoms with Gasteiger partial charge >= 0.3 is 5.63 Å². The van der Waals surface area contributed by atoms with Gasteiger partial charge in [-0.25, -0.2) is 17.9 Å². The van der Waals surface area contributed by atoms with Gasteiger partial charge in [0.15, 0.2) is 0 Å². The van der Waals surface area contributed by atoms with Crippen molar-refractivity contribution in [1.82, 2.24) is 4.72 Å². The summed E-state index contributed by atoms with van der Waals surface area (Å²) in [4.78, 5) is 11.3. The summed E-state index contributed by atoms with van der Waals surface area (Å²) in [7, 11) is -3.54. The summed E-state index contributed by atoms with van der Waals surface area (Å²) in [6.45, 7) is 1.99. The SMILES string of the molecule is CCNS(=O)(=O)c1ccc2oc(=O)c(N)cc2c1. The van der Waals surface area contributed by atoms with Crippen molar-refractivity contribution in [2.75, 3.05) is 12.3 Å². The Morgan fingerprint density at radius 3 is 2.72 bits per heavy atom. The van der Waals surface area contributed by atoms with Crippen molar-refractivity contribution in [3.8, 4) is 0 Å². The van der Waals surface area contributed by atoms with Crippen molar-refractivity contribution < 1.29 is 12.8 Å². The zero-order chi connectivity index (χ0) is 13.3. The van der Waals surface area contributed by atoms with Gasteiger partial charge < -0.3 is 10.2 Å². The highest BCUT2D eigenvalue weighted by atomic mass is 32.2. The molecule has 0 amide bonds. The van der Waals surface area contributed by atoms with Gasteiger partial charge in [0.05, 0.1) is 4.90 Å². The van der Waals surface area contributed by atoms with Crippen LogP contribution in [0, 0.1) is 0 Å². The summed E-state index contributed by atoms with van der Waals surface area (Å²) in [5.41, 5.74) is 5.04. The molecule has 3 N–H and O–H groups in total. The Bertz CT molecular complexity index is 749. The number of nitrogen functional groups attached to an aromatic ring is 1. The monoisotopic (exact) mass is 268 g/mol. The molecule has 0 radical (unpaired) electrons. The number of nitrogens with two attached hydrogens (primary N) is 1. The lowest BCUT2D eigenvalue weighted by Gasteiger charge is -2.05. The van der Waals surface area contributed by atoms with Crippen molar-refractivity contribution in [2.45, 2.75) is 11.8 Å². The minimum atomic E-state index is -3.54. The number of rotatable bonds is 3. The fraction of sp³-hybridized carbons (Fsp3) is 0.182. The molecule has 0 saturated carbocycles. The molecule has 1 aromatic carbocycles. The Morgan fingerprint density at radius 2 is 2.06 bits per heavy atom. The first kappa shape index (κ1) is 12.6. The molecule has 1 heterocycles. The Morgan fingerprint density at radius 1 is 1.33 bits per heavy atom. The van der Waals surface area contributed by atoms with Gasteiger partial charge in [-0.2, -0.15) is 0 Å². The third-order valence-corrected chi connectivity index (χ3v) is 3.92. The van der Waals surface area contributed by atoms with Crippen molar-refractivity contribution >= 4 is 26.7 Å². The molecule has 6 nitrogen and oxygen atoms in total. The van der Waals surface area contributed by atoms with Crippen LogP contribution in [0.5, 0.6) is 0 Å². The van der Waals surface area contributed by atoms with E-state index in [1.807, 2.05) is 0 Å². The first-order valence-electron chi connectivity index (χ1n) is 5.27. The summed E-state index contributed by atoms with van der Waals surface area (Å²) >= 11 is 0. The molecule has 2 aromatic rings. The number of nitrogens with one attached hydrogen (secondary N) is 1. The lowest BCUT2D eigenvalue weighted by Crippen LogP contribution is -2.23. The van der Waals surface area contributed by atoms with E-state index in [4.69, 9.17) is 10.2 Å². The summed E-state index contributed by atoms with van der Waals surface area (Å²) in [6.07, 6.45) is 0. The van der Waals surface area contributed by atoms with E-state index in [9.17, 15) is 13.2 Å². The second-order valence-electron chi connectivity index (χ2n) is 3.69. The highest BCUT2D eigenvalue weighted by molar-refractivity contribution is 7.89. The first-order chi connectivity index (χ1) is 8.44. The molecule has 0 aliphatic heterocycles. The number of hydrogen-bond donors (Lipinski definition) is 2. The number of sulfonamides is 1. The van der Waals surface area contributed by atoms with Crippen molar-refractivity contribution in [3.63, 3.8) is 0 Å². The van der Waals surface area contributed by atoms with Crippen molar-refractivity contribution in [1.29, 1.82) is 0 Å². The molecular weight excluding hydrogens is 256 g/mol. The summed E-state index contributed by atoms with van der Waals surface area (Å²) in [6, 6.07) is 5.61. The van der Waals surface area contributed by atoms with Gasteiger partial charge in [0.1, 0.15) is 11.3 Å². The maximum atomic E-state index is 11.8. The Kier molecular flexibility index (Phi) is 3.10. The van der Waals surface area contributed by atoms with Gasteiger partial charge in [-0.05, 0) is 24.3 Å². The van der Waals surface area contributed by atoms with Gasteiger partial charge in [0.25, 0.3) is 0 Å². The van der Waals surface area contributed by atoms with E-state index >= 15 is 0 Å². The average Bonchev–Trinajstić information content (AvgIpc) is 2.30. The van der Waals surface area contributed by atoms with Crippen LogP contribution in [0.1, 0.15) is 6.92 Å². The predicted molar refractivity (Wildman–Crippen MR) is 67.8 cm³/mol. The van der Waals surface area contributed by atoms with E-state index in [2.05, 4.69) is 4.72 Å². The fourth-order valence-corrected chi connectivity index (χ4v) is 2.63. The van der Waals surface area contributed by atoms with Crippen molar-refractivity contribution in [3.05, 3.63) is 34.7 Å². The molecule has 0 aliphatic carbocycles. The minimum absolute atomic E-state index is 0.0551. The maximum Gasteiger partial charge on any atom is 0.359 e. The molecule has 7 heteroatoms. The summed E-state index contributed by atoms with van der Waals surface area (Å²) in [5.74, 6) is 0. The lowest BCUT2D eigenvalue weighted by molar-refractivity contribution is 0.563. The maximum absolute atomic E-state index is 11.8. The molecule has 0 saturated heterocycles. The third-order valence-electron chi connectivity index (χ3n) is 2.38. The van der Waals surface area contributed by atoms with Crippen molar-refractivity contribution in [2.24, 2.45) is 0 Å². The van der Waals surface area contributed by atoms with Gasteiger partial charge in [0.2, 0.25) is 10.0 Å². The summed E-state index contributed by atoms with van der Waals surface area (Å²) < 4.78 is 30.9. The molecule has 0 fully saturated rings. The van der Waals surface area contributed by atoms with Crippen LogP contribution < -0.4 is 16.1 Å². The van der Waals surface area contributed by atoms with Crippen LogP contribution in [0.3, 0.4) is 0 Å². The average molecular weight is 268 g/mol. The third kappa shape index (κ3) is 2.22. The van der Waals surface area contributed by atoms with E-state index in [0.717, 1.165) is 0 Å². The molecule has 18 heavy (non-hydrogen) atoms. The number of hydrogen-bond acceptors (Lipinski definition) is 5. The quantitative estimate of drug-likeness (QED) is 0.797. The van der Waals surface area contributed by atoms with E-state index in [-0.39, 0.29) is 10.6 Å². The first-order valence-corrected chi connectivity index (χ1v) is 6.75. The predicted octanol–water partition coefficient (Wildman–Crippen LogP) is 0.673. The zero-order valence-electron chi connectivity index (χ0n) is 9.64. The highest BCUT2D eigenvalue weighted by Crippen LogP contribution is 2.19. The van der Waals surface area contributed by atoms with Crippen LogP contribution in [0.15, 0.2) is 38.4 Å². The van der Waals surface area contributed by atoms with Gasteiger partial charge in [-0.15, -0.1) is 0 Å². The topological polar surface area (TPSA) is 102 Å². The molecule has 0 atom stereocenters. The van der Waals surface area contributed by atoms with E-state index < -0.39 is 15.6 Å². The van der Waals surface area contributed by atoms with E-state index in [1.165, 1.54) is 24.3 Å². The molecule has 0 spiro atoms. The van der Waals surface area contributed by atoms with Crippen LogP contribution in [-0.2, 0) is 10.0 Å². The zero-order valence-corrected chi connectivity index (χ0v) is 10.5. The van der Waals surface area contributed by atoms with Gasteiger partial charge in [-0.3, -0.25) is 0 Å². The van der Waals surface area contributed by atoms with Crippen LogP contribution in [0.2, 0.25) is 0 Å². The van der Waals surface area contributed by atoms with E-state index in [0.29, 0.717) is 17.5 Å². The van der Waals surface area contributed by atoms with E-state index in [1.54, 1.807) is 6.92 Å². The Balaban J connectivity index is 2.64. The van der Waals surface area contributed by atoms with Crippen LogP contribution in [0.4, 0.5) is 5.69 Å². The second kappa shape index (κ2) is 4.43. The number of benzene rings is 1. The number of fused-ring (bicyclic) bond motifs is 1. The molecule has 0 bridgehead atoms. The lowest BCUT2D eigenvalue weighted by atomic mass is 10.2. The molecule has 0 unspecified atom stereocenters. The number of anilines is 1. The molecule has 0 aliphatic rings. The fourth-order valence-electron chi connectivity index (χ4n) is 1.56. The van der Waals surface area contributed by atoms with Gasteiger partial charge in [-0.1, -0.05) is 6.92 Å². The normalized spacial score (nSPS) is 11.8. The molecule has 96 valence electrons. The molecular formula is C11H12N2O4S. The minimum Gasteiger partial charge on any atom is -0.421 e. The summed E-state index contributed by atoms with van der Waals surface area (Å²) in [5, 5.41) is 0.464. The second-order valence-corrected chi connectivity index (χ2v) is 5.46. The highest BCUT2D eigenvalue weighted by Gasteiger charge is 2.13. The smallest absolute Gasteiger partial charge is 0.359 e. The Hall–Kier alpha value is -1.86. The van der Waals surface area contributed by atoms with Crippen LogP contribution in [0.25, 0.3) is 11.0 Å². The van der Waals surface area contributed by atoms with Gasteiger partial charge in [0, 0.05) is 11.9 Å². The standard InChI is InChI=1S/C11H12N2O4S/c1-2-13-18(15,16)8-3-4-10-7(5-8)6-9(12)11(14)17-10/h3-6,13H,2,12H2,1H3. The largest absolute Gasteiger partial charge is 0.421 e. The van der Waals surface area contributed by atoms with Crippen LogP contribution >= 0.6 is 0 Å². The Labute approximate surface area is 103 Å². The van der Waals surface area contributed by atoms with Crippen LogP contribution in [-0.4, -0.2) is 15.0 Å². The molecule has 1 aromatic heterocycles.